The van der Waals surface area contributed by atoms with E-state index in [4.69, 9.17) is 34.2 Å². The third-order valence-electron chi connectivity index (χ3n) is 13.3. The number of ether oxygens (including phenoxy) is 6. The van der Waals surface area contributed by atoms with Gasteiger partial charge in [0.05, 0.1) is 49.9 Å². The monoisotopic (exact) mass is 1010 g/mol. The lowest BCUT2D eigenvalue weighted by molar-refractivity contribution is -0.123. The number of nitrogen functional groups attached to an aromatic ring is 1. The normalized spacial score (nSPS) is 17.7. The fourth-order valence-corrected chi connectivity index (χ4v) is 10.5. The van der Waals surface area contributed by atoms with Gasteiger partial charge in [0.15, 0.2) is 23.0 Å². The number of rotatable bonds is 21. The summed E-state index contributed by atoms with van der Waals surface area (Å²) in [4.78, 5) is 64.2. The number of nitrogens with zero attached hydrogens (tertiary/aromatic N) is 4. The maximum Gasteiger partial charge on any atom is 0.260 e. The highest BCUT2D eigenvalue weighted by Crippen LogP contribution is 2.44. The molecule has 0 fully saturated rings. The van der Waals surface area contributed by atoms with Crippen molar-refractivity contribution in [2.75, 3.05) is 69.6 Å². The van der Waals surface area contributed by atoms with Gasteiger partial charge in [-0.3, -0.25) is 29.0 Å². The molecule has 4 aromatic carbocycles. The number of fused-ring (bicyclic) bond motifs is 4. The molecule has 380 valence electrons. The molecule has 72 heavy (non-hydrogen) atoms. The van der Waals surface area contributed by atoms with Gasteiger partial charge in [-0.1, -0.05) is 88.3 Å². The van der Waals surface area contributed by atoms with Gasteiger partial charge in [-0.25, -0.2) is 0 Å². The first-order chi connectivity index (χ1) is 34.3. The molecular formula is C55H67N5O10Si2. The van der Waals surface area contributed by atoms with Gasteiger partial charge in [0, 0.05) is 78.8 Å². The van der Waals surface area contributed by atoms with E-state index in [-0.39, 0.29) is 61.4 Å². The van der Waals surface area contributed by atoms with Crippen LogP contribution in [0.15, 0.2) is 103 Å². The highest BCUT2D eigenvalue weighted by molar-refractivity contribution is 6.76. The average molecular weight is 1010 g/mol. The minimum Gasteiger partial charge on any atom is -0.493 e. The molecule has 0 spiro atoms. The summed E-state index contributed by atoms with van der Waals surface area (Å²) in [5.41, 5.74) is 12.1. The molecular weight excluding hydrogens is 947 g/mol. The minimum absolute atomic E-state index is 0.0486. The molecule has 4 amide bonds. The van der Waals surface area contributed by atoms with Crippen molar-refractivity contribution in [3.8, 4) is 23.0 Å². The zero-order chi connectivity index (χ0) is 51.5. The second-order valence-electron chi connectivity index (χ2n) is 21.0. The largest absolute Gasteiger partial charge is 0.493 e. The molecule has 4 heterocycles. The third kappa shape index (κ3) is 11.3. The number of anilines is 3. The summed E-state index contributed by atoms with van der Waals surface area (Å²) in [6.07, 6.45) is 4.50. The lowest BCUT2D eigenvalue weighted by Gasteiger charge is -2.27. The van der Waals surface area contributed by atoms with E-state index in [1.54, 1.807) is 58.6 Å². The van der Waals surface area contributed by atoms with Crippen molar-refractivity contribution in [2.24, 2.45) is 0 Å². The van der Waals surface area contributed by atoms with Crippen LogP contribution in [0.2, 0.25) is 51.4 Å². The van der Waals surface area contributed by atoms with Crippen molar-refractivity contribution >= 4 is 68.0 Å². The van der Waals surface area contributed by atoms with Gasteiger partial charge in [0.2, 0.25) is 0 Å². The first-order valence-electron chi connectivity index (χ1n) is 24.5. The number of methoxy groups -OCH3 is 2. The number of amides is 4. The van der Waals surface area contributed by atoms with E-state index >= 15 is 0 Å². The fourth-order valence-electron chi connectivity index (χ4n) is 9.03. The van der Waals surface area contributed by atoms with Crippen LogP contribution in [0, 0.1) is 0 Å². The van der Waals surface area contributed by atoms with Crippen LogP contribution in [-0.4, -0.2) is 116 Å². The first-order valence-corrected chi connectivity index (χ1v) is 31.9. The predicted octanol–water partition coefficient (Wildman–Crippen LogP) is 9.52. The molecule has 0 radical (unpaired) electrons. The molecule has 4 aliphatic heterocycles. The van der Waals surface area contributed by atoms with Gasteiger partial charge in [0.1, 0.15) is 25.5 Å². The van der Waals surface area contributed by atoms with E-state index in [1.165, 1.54) is 24.0 Å². The third-order valence-corrected chi connectivity index (χ3v) is 16.7. The molecule has 0 unspecified atom stereocenters. The van der Waals surface area contributed by atoms with Gasteiger partial charge in [-0.2, -0.15) is 0 Å². The van der Waals surface area contributed by atoms with Crippen molar-refractivity contribution in [1.82, 2.24) is 9.80 Å². The Balaban J connectivity index is 1.01. The van der Waals surface area contributed by atoms with Crippen LogP contribution in [0.25, 0.3) is 11.1 Å². The van der Waals surface area contributed by atoms with Crippen LogP contribution in [0.3, 0.4) is 0 Å². The molecule has 8 rings (SSSR count). The molecule has 0 bridgehead atoms. The second-order valence-corrected chi connectivity index (χ2v) is 32.2. The van der Waals surface area contributed by atoms with E-state index < -0.39 is 28.2 Å². The Kier molecular flexibility index (Phi) is 15.5. The van der Waals surface area contributed by atoms with Crippen molar-refractivity contribution in [3.05, 3.63) is 126 Å². The van der Waals surface area contributed by atoms with Crippen LogP contribution >= 0.6 is 0 Å². The number of hydrogen-bond donors (Lipinski definition) is 1. The topological polar surface area (TPSA) is 163 Å². The molecule has 4 aliphatic rings. The van der Waals surface area contributed by atoms with Crippen LogP contribution in [0.4, 0.5) is 17.1 Å². The second kappa shape index (κ2) is 21.6. The van der Waals surface area contributed by atoms with Gasteiger partial charge >= 0.3 is 0 Å². The summed E-state index contributed by atoms with van der Waals surface area (Å²) < 4.78 is 36.7. The Morgan fingerprint density at radius 3 is 1.60 bits per heavy atom. The summed E-state index contributed by atoms with van der Waals surface area (Å²) >= 11 is 0. The maximum absolute atomic E-state index is 14.6. The van der Waals surface area contributed by atoms with Gasteiger partial charge < -0.3 is 44.0 Å². The number of benzene rings is 4. The van der Waals surface area contributed by atoms with Crippen molar-refractivity contribution in [3.63, 3.8) is 0 Å². The first kappa shape index (κ1) is 51.7. The summed E-state index contributed by atoms with van der Waals surface area (Å²) in [7, 11) is 0.109. The van der Waals surface area contributed by atoms with Crippen LogP contribution in [0.5, 0.6) is 23.0 Å². The number of allylic oxidation sites excluding steroid dienone is 1. The Labute approximate surface area is 424 Å². The quantitative estimate of drug-likeness (QED) is 0.0481. The standard InChI is InChI=1S/C55H67N5O10Si2/c1-36(37-14-11-10-12-15-37)39-26-46-54(63)59(34-67-22-24-71(4,5)6)44-30-50(48(65-2)28-42(44)52(61)57(46)32-39)69-20-13-21-70-51-31-45-43(29-49(51)66-3)53(62)58-33-40(38-16-18-41(56)19-17-38)27-47(58)55(64)60(45)35-68-23-25-72(7,8)9/h10-12,14-19,28-33,46-47H,1,13,20-27,34-35,56H2,2-9H3/t46-,47-/m0/s1. The summed E-state index contributed by atoms with van der Waals surface area (Å²) in [5.74, 6) is 0.0511. The molecule has 2 N–H and O–H groups in total. The Morgan fingerprint density at radius 2 is 1.11 bits per heavy atom. The van der Waals surface area contributed by atoms with E-state index in [0.717, 1.165) is 39.9 Å². The number of carbonyl (C=O) groups is 4. The van der Waals surface area contributed by atoms with Crippen molar-refractivity contribution in [1.29, 1.82) is 0 Å². The molecule has 0 aliphatic carbocycles. The van der Waals surface area contributed by atoms with E-state index in [9.17, 15) is 19.2 Å². The number of carbonyl (C=O) groups excluding carboxylic acids is 4. The van der Waals surface area contributed by atoms with Crippen LogP contribution in [-0.2, 0) is 19.1 Å². The minimum atomic E-state index is -1.45. The molecule has 4 aromatic rings. The predicted molar refractivity (Wildman–Crippen MR) is 286 cm³/mol. The van der Waals surface area contributed by atoms with E-state index in [1.807, 2.05) is 42.5 Å². The maximum atomic E-state index is 14.6. The Bertz CT molecular complexity index is 2790. The van der Waals surface area contributed by atoms with Crippen molar-refractivity contribution < 1.29 is 47.6 Å². The Hall–Kier alpha value is -6.67. The van der Waals surface area contributed by atoms with E-state index in [0.29, 0.717) is 72.5 Å². The van der Waals surface area contributed by atoms with Crippen LogP contribution < -0.4 is 34.5 Å². The fraction of sp³-hybridized carbons (Fsp3) is 0.382. The summed E-state index contributed by atoms with van der Waals surface area (Å²) in [6, 6.07) is 23.9. The highest BCUT2D eigenvalue weighted by atomic mass is 28.3. The Morgan fingerprint density at radius 1 is 0.625 bits per heavy atom. The molecule has 15 nitrogen and oxygen atoms in total. The lowest BCUT2D eigenvalue weighted by atomic mass is 9.97. The van der Waals surface area contributed by atoms with E-state index in [2.05, 4.69) is 45.9 Å². The summed E-state index contributed by atoms with van der Waals surface area (Å²) in [6.45, 7) is 19.1. The molecule has 0 saturated carbocycles. The lowest BCUT2D eigenvalue weighted by Crippen LogP contribution is -2.45. The van der Waals surface area contributed by atoms with Crippen molar-refractivity contribution in [2.45, 2.75) is 82.7 Å². The zero-order valence-electron chi connectivity index (χ0n) is 42.7. The van der Waals surface area contributed by atoms with Gasteiger partial charge in [0.25, 0.3) is 23.6 Å². The molecule has 17 heteroatoms. The molecule has 0 saturated heterocycles. The SMILES string of the molecule is C=C(C1=CN2C(=O)c3cc(OC)c(OCCCOc4cc5c(cc4OC)C(=O)N4C=C(c6ccc(N)cc6)C[C@H]4C(=O)N5COCC[Si](C)(C)C)cc3N(COCC[Si](C)(C)C)C(=O)[C@@H]2C1)c1ccccc1. The summed E-state index contributed by atoms with van der Waals surface area (Å²) in [5, 5.41) is 0. The van der Waals surface area contributed by atoms with Gasteiger partial charge in [-0.05, 0) is 64.2 Å². The molecule has 2 atom stereocenters. The molecule has 0 aromatic heterocycles. The highest BCUT2D eigenvalue weighted by Gasteiger charge is 2.45. The van der Waals surface area contributed by atoms with Gasteiger partial charge in [-0.15, -0.1) is 0 Å². The zero-order valence-corrected chi connectivity index (χ0v) is 44.7. The average Bonchev–Trinajstić information content (AvgIpc) is 3.98. The number of nitrogens with two attached hydrogens (primary N) is 1. The van der Waals surface area contributed by atoms with Crippen LogP contribution in [0.1, 0.15) is 51.1 Å². The number of hydrogen-bond acceptors (Lipinski definition) is 11. The smallest absolute Gasteiger partial charge is 0.260 e.